The van der Waals surface area contributed by atoms with Gasteiger partial charge < -0.3 is 4.90 Å². The summed E-state index contributed by atoms with van der Waals surface area (Å²) in [5, 5.41) is 0. The first kappa shape index (κ1) is 12.9. The summed E-state index contributed by atoms with van der Waals surface area (Å²) in [7, 11) is 0. The molecule has 2 heteroatoms. The number of hydrogen-bond acceptors (Lipinski definition) is 2. The molecule has 0 amide bonds. The summed E-state index contributed by atoms with van der Waals surface area (Å²) in [4.78, 5) is 14.2. The first-order valence-corrected chi connectivity index (χ1v) is 5.97. The van der Waals surface area contributed by atoms with Crippen molar-refractivity contribution in [2.45, 2.75) is 33.2 Å². The summed E-state index contributed by atoms with van der Waals surface area (Å²) in [5.74, 6) is 0.236. The van der Waals surface area contributed by atoms with Crippen molar-refractivity contribution in [2.24, 2.45) is 0 Å². The molecule has 0 N–H and O–H groups in total. The van der Waals surface area contributed by atoms with Crippen LogP contribution in [0.3, 0.4) is 0 Å². The molecular weight excluding hydrogens is 198 g/mol. The molecule has 0 bridgehead atoms. The van der Waals surface area contributed by atoms with Crippen LogP contribution in [-0.4, -0.2) is 29.8 Å². The van der Waals surface area contributed by atoms with Gasteiger partial charge in [0.1, 0.15) is 0 Å². The van der Waals surface area contributed by atoms with Gasteiger partial charge in [0.25, 0.3) is 0 Å². The maximum atomic E-state index is 11.9. The van der Waals surface area contributed by atoms with Gasteiger partial charge in [-0.05, 0) is 20.4 Å². The van der Waals surface area contributed by atoms with Crippen LogP contribution in [0.15, 0.2) is 30.3 Å². The molecule has 0 spiro atoms. The Bertz CT molecular complexity index is 319. The molecule has 0 radical (unpaired) electrons. The zero-order valence-electron chi connectivity index (χ0n) is 10.4. The number of hydrogen-bond donors (Lipinski definition) is 0. The van der Waals surface area contributed by atoms with Crippen molar-refractivity contribution >= 4 is 5.78 Å². The van der Waals surface area contributed by atoms with Crippen LogP contribution < -0.4 is 0 Å². The Morgan fingerprint density at radius 2 is 1.88 bits per heavy atom. The summed E-state index contributed by atoms with van der Waals surface area (Å²) in [6.45, 7) is 8.31. The van der Waals surface area contributed by atoms with Crippen molar-refractivity contribution in [3.63, 3.8) is 0 Å². The van der Waals surface area contributed by atoms with E-state index in [1.54, 1.807) is 0 Å². The van der Waals surface area contributed by atoms with Crippen LogP contribution in [0.25, 0.3) is 0 Å². The third-order valence-electron chi connectivity index (χ3n) is 2.86. The number of ketones is 1. The Labute approximate surface area is 98.3 Å². The zero-order valence-corrected chi connectivity index (χ0v) is 10.4. The van der Waals surface area contributed by atoms with Crippen molar-refractivity contribution < 1.29 is 4.79 Å². The molecule has 0 saturated heterocycles. The predicted octanol–water partition coefficient (Wildman–Crippen LogP) is 2.99. The van der Waals surface area contributed by atoms with E-state index in [0.29, 0.717) is 12.5 Å². The second-order valence-corrected chi connectivity index (χ2v) is 4.26. The van der Waals surface area contributed by atoms with E-state index >= 15 is 0 Å². The smallest absolute Gasteiger partial charge is 0.164 e. The normalized spacial score (nSPS) is 11.1. The Hall–Kier alpha value is -1.15. The first-order chi connectivity index (χ1) is 7.65. The van der Waals surface area contributed by atoms with Crippen molar-refractivity contribution in [3.05, 3.63) is 35.9 Å². The molecule has 0 unspecified atom stereocenters. The van der Waals surface area contributed by atoms with E-state index in [9.17, 15) is 4.79 Å². The van der Waals surface area contributed by atoms with Crippen LogP contribution in [0.1, 0.15) is 37.6 Å². The van der Waals surface area contributed by atoms with Crippen molar-refractivity contribution in [1.82, 2.24) is 4.90 Å². The number of carbonyl (C=O) groups excluding carboxylic acids is 1. The van der Waals surface area contributed by atoms with Crippen LogP contribution in [-0.2, 0) is 0 Å². The monoisotopic (exact) mass is 219 g/mol. The SMILES string of the molecule is CCN(CCC(=O)c1ccccc1)C(C)C. The molecule has 0 fully saturated rings. The molecule has 0 heterocycles. The first-order valence-electron chi connectivity index (χ1n) is 5.97. The highest BCUT2D eigenvalue weighted by Crippen LogP contribution is 2.05. The average Bonchev–Trinajstić information content (AvgIpc) is 2.30. The summed E-state index contributed by atoms with van der Waals surface area (Å²) in [6.07, 6.45) is 0.607. The van der Waals surface area contributed by atoms with Crippen molar-refractivity contribution in [1.29, 1.82) is 0 Å². The third-order valence-corrected chi connectivity index (χ3v) is 2.86. The Morgan fingerprint density at radius 1 is 1.25 bits per heavy atom. The van der Waals surface area contributed by atoms with E-state index < -0.39 is 0 Å². The number of Topliss-reactive ketones (excluding diaryl/α,β-unsaturated/α-hetero) is 1. The van der Waals surface area contributed by atoms with Gasteiger partial charge in [-0.3, -0.25) is 4.79 Å². The molecule has 0 aromatic heterocycles. The van der Waals surface area contributed by atoms with Gasteiger partial charge in [0.05, 0.1) is 0 Å². The molecule has 2 nitrogen and oxygen atoms in total. The fourth-order valence-electron chi connectivity index (χ4n) is 1.79. The lowest BCUT2D eigenvalue weighted by molar-refractivity contribution is 0.0958. The standard InChI is InChI=1S/C14H21NO/c1-4-15(12(2)3)11-10-14(16)13-8-6-5-7-9-13/h5-9,12H,4,10-11H2,1-3H3. The fourth-order valence-corrected chi connectivity index (χ4v) is 1.79. The highest BCUT2D eigenvalue weighted by atomic mass is 16.1. The summed E-state index contributed by atoms with van der Waals surface area (Å²) >= 11 is 0. The average molecular weight is 219 g/mol. The third kappa shape index (κ3) is 3.78. The van der Waals surface area contributed by atoms with Gasteiger partial charge in [0, 0.05) is 24.6 Å². The fraction of sp³-hybridized carbons (Fsp3) is 0.500. The van der Waals surface area contributed by atoms with Gasteiger partial charge in [-0.1, -0.05) is 37.3 Å². The minimum atomic E-state index is 0.236. The molecule has 0 saturated carbocycles. The minimum absolute atomic E-state index is 0.236. The molecule has 0 aliphatic heterocycles. The quantitative estimate of drug-likeness (QED) is 0.685. The zero-order chi connectivity index (χ0) is 12.0. The molecule has 1 aromatic rings. The number of benzene rings is 1. The maximum absolute atomic E-state index is 11.9. The van der Waals surface area contributed by atoms with Crippen molar-refractivity contribution in [2.75, 3.05) is 13.1 Å². The Morgan fingerprint density at radius 3 is 2.38 bits per heavy atom. The lowest BCUT2D eigenvalue weighted by Gasteiger charge is -2.24. The molecule has 0 aliphatic rings. The highest BCUT2D eigenvalue weighted by molar-refractivity contribution is 5.96. The molecule has 1 aromatic carbocycles. The van der Waals surface area contributed by atoms with Gasteiger partial charge >= 0.3 is 0 Å². The second-order valence-electron chi connectivity index (χ2n) is 4.26. The van der Waals surface area contributed by atoms with E-state index in [1.807, 2.05) is 30.3 Å². The van der Waals surface area contributed by atoms with E-state index in [-0.39, 0.29) is 5.78 Å². The van der Waals surface area contributed by atoms with E-state index in [4.69, 9.17) is 0 Å². The predicted molar refractivity (Wildman–Crippen MR) is 67.8 cm³/mol. The van der Waals surface area contributed by atoms with Gasteiger partial charge in [-0.2, -0.15) is 0 Å². The van der Waals surface area contributed by atoms with Crippen LogP contribution in [0.5, 0.6) is 0 Å². The minimum Gasteiger partial charge on any atom is -0.301 e. The molecule has 1 rings (SSSR count). The summed E-state index contributed by atoms with van der Waals surface area (Å²) in [6, 6.07) is 10.0. The van der Waals surface area contributed by atoms with Gasteiger partial charge in [-0.15, -0.1) is 0 Å². The van der Waals surface area contributed by atoms with Crippen LogP contribution >= 0.6 is 0 Å². The maximum Gasteiger partial charge on any atom is 0.164 e. The summed E-state index contributed by atoms with van der Waals surface area (Å²) in [5.41, 5.74) is 0.822. The van der Waals surface area contributed by atoms with Crippen molar-refractivity contribution in [3.8, 4) is 0 Å². The highest BCUT2D eigenvalue weighted by Gasteiger charge is 2.10. The van der Waals surface area contributed by atoms with Crippen LogP contribution in [0.2, 0.25) is 0 Å². The topological polar surface area (TPSA) is 20.3 Å². The van der Waals surface area contributed by atoms with E-state index in [1.165, 1.54) is 0 Å². The van der Waals surface area contributed by atoms with Crippen LogP contribution in [0, 0.1) is 0 Å². The number of nitrogens with zero attached hydrogens (tertiary/aromatic N) is 1. The summed E-state index contributed by atoms with van der Waals surface area (Å²) < 4.78 is 0. The molecular formula is C14H21NO. The molecule has 16 heavy (non-hydrogen) atoms. The largest absolute Gasteiger partial charge is 0.301 e. The van der Waals surface area contributed by atoms with E-state index in [0.717, 1.165) is 18.7 Å². The van der Waals surface area contributed by atoms with Gasteiger partial charge in [0.15, 0.2) is 5.78 Å². The van der Waals surface area contributed by atoms with Crippen LogP contribution in [0.4, 0.5) is 0 Å². The molecule has 0 atom stereocenters. The lowest BCUT2D eigenvalue weighted by Crippen LogP contribution is -2.32. The second kappa shape index (κ2) is 6.44. The number of carbonyl (C=O) groups is 1. The number of rotatable bonds is 6. The molecule has 88 valence electrons. The van der Waals surface area contributed by atoms with Gasteiger partial charge in [-0.25, -0.2) is 0 Å². The lowest BCUT2D eigenvalue weighted by atomic mass is 10.1. The van der Waals surface area contributed by atoms with Gasteiger partial charge in [0.2, 0.25) is 0 Å². The Balaban J connectivity index is 2.47. The Kier molecular flexibility index (Phi) is 5.20. The molecule has 0 aliphatic carbocycles. The van der Waals surface area contributed by atoms with E-state index in [2.05, 4.69) is 25.7 Å².